The molecule has 24 heavy (non-hydrogen) atoms. The SMILES string of the molecule is CCC(C)C(C(=O)Nc1cccc(CC(=O)O)c1)c1ccccc1. The fraction of sp³-hybridized carbons (Fsp3) is 0.300. The van der Waals surface area contributed by atoms with Gasteiger partial charge in [-0.2, -0.15) is 0 Å². The van der Waals surface area contributed by atoms with Gasteiger partial charge in [-0.1, -0.05) is 62.7 Å². The summed E-state index contributed by atoms with van der Waals surface area (Å²) in [6.07, 6.45) is 0.837. The van der Waals surface area contributed by atoms with Crippen molar-refractivity contribution in [2.75, 3.05) is 5.32 Å². The summed E-state index contributed by atoms with van der Waals surface area (Å²) in [6.45, 7) is 4.14. The van der Waals surface area contributed by atoms with Gasteiger partial charge in [-0.3, -0.25) is 9.59 Å². The molecule has 0 saturated carbocycles. The van der Waals surface area contributed by atoms with Crippen LogP contribution in [0.1, 0.15) is 37.3 Å². The third kappa shape index (κ3) is 4.69. The lowest BCUT2D eigenvalue weighted by atomic mass is 9.85. The van der Waals surface area contributed by atoms with E-state index in [1.165, 1.54) is 0 Å². The molecule has 0 radical (unpaired) electrons. The number of carbonyl (C=O) groups excluding carboxylic acids is 1. The smallest absolute Gasteiger partial charge is 0.307 e. The van der Waals surface area contributed by atoms with Crippen LogP contribution in [-0.2, 0) is 16.0 Å². The Morgan fingerprint density at radius 3 is 2.42 bits per heavy atom. The maximum atomic E-state index is 12.8. The fourth-order valence-corrected chi connectivity index (χ4v) is 2.79. The van der Waals surface area contributed by atoms with Crippen LogP contribution in [0.25, 0.3) is 0 Å². The number of carboxylic acids is 1. The van der Waals surface area contributed by atoms with Crippen molar-refractivity contribution in [3.63, 3.8) is 0 Å². The highest BCUT2D eigenvalue weighted by molar-refractivity contribution is 5.96. The number of hydrogen-bond acceptors (Lipinski definition) is 2. The molecule has 0 heterocycles. The Morgan fingerprint density at radius 1 is 1.08 bits per heavy atom. The molecular formula is C20H23NO3. The second kappa shape index (κ2) is 8.29. The molecule has 4 nitrogen and oxygen atoms in total. The van der Waals surface area contributed by atoms with E-state index in [4.69, 9.17) is 5.11 Å². The van der Waals surface area contributed by atoms with E-state index in [-0.39, 0.29) is 24.2 Å². The molecule has 1 amide bonds. The maximum absolute atomic E-state index is 12.8. The molecule has 0 saturated heterocycles. The lowest BCUT2D eigenvalue weighted by Gasteiger charge is -2.23. The molecule has 0 bridgehead atoms. The first-order valence-electron chi connectivity index (χ1n) is 8.17. The van der Waals surface area contributed by atoms with E-state index in [2.05, 4.69) is 19.2 Å². The predicted molar refractivity (Wildman–Crippen MR) is 95.0 cm³/mol. The quantitative estimate of drug-likeness (QED) is 0.806. The minimum absolute atomic E-state index is 0.0583. The summed E-state index contributed by atoms with van der Waals surface area (Å²) in [5.74, 6) is -0.989. The van der Waals surface area contributed by atoms with Crippen LogP contribution in [0.3, 0.4) is 0 Å². The number of anilines is 1. The lowest BCUT2D eigenvalue weighted by molar-refractivity contribution is -0.136. The summed E-state index contributed by atoms with van der Waals surface area (Å²) >= 11 is 0. The molecule has 0 aliphatic rings. The van der Waals surface area contributed by atoms with Crippen molar-refractivity contribution in [3.8, 4) is 0 Å². The normalized spacial score (nSPS) is 13.1. The van der Waals surface area contributed by atoms with Gasteiger partial charge in [0.25, 0.3) is 0 Å². The molecule has 2 rings (SSSR count). The van der Waals surface area contributed by atoms with Crippen molar-refractivity contribution in [2.24, 2.45) is 5.92 Å². The predicted octanol–water partition coefficient (Wildman–Crippen LogP) is 4.08. The zero-order valence-electron chi connectivity index (χ0n) is 14.0. The number of benzene rings is 2. The number of hydrogen-bond donors (Lipinski definition) is 2. The fourth-order valence-electron chi connectivity index (χ4n) is 2.79. The van der Waals surface area contributed by atoms with E-state index in [0.29, 0.717) is 11.3 Å². The Balaban J connectivity index is 2.20. The van der Waals surface area contributed by atoms with Gasteiger partial charge in [-0.05, 0) is 29.2 Å². The van der Waals surface area contributed by atoms with Crippen LogP contribution in [0.5, 0.6) is 0 Å². The van der Waals surface area contributed by atoms with Crippen LogP contribution in [0.15, 0.2) is 54.6 Å². The monoisotopic (exact) mass is 325 g/mol. The first-order valence-corrected chi connectivity index (χ1v) is 8.17. The first-order chi connectivity index (χ1) is 11.5. The number of rotatable bonds is 7. The maximum Gasteiger partial charge on any atom is 0.307 e. The Kier molecular flexibility index (Phi) is 6.13. The van der Waals surface area contributed by atoms with Gasteiger partial charge < -0.3 is 10.4 Å². The van der Waals surface area contributed by atoms with Gasteiger partial charge in [-0.15, -0.1) is 0 Å². The summed E-state index contributed by atoms with van der Waals surface area (Å²) in [5, 5.41) is 11.8. The van der Waals surface area contributed by atoms with E-state index >= 15 is 0 Å². The molecule has 4 heteroatoms. The molecule has 0 fully saturated rings. The molecule has 0 aromatic heterocycles. The number of amides is 1. The van der Waals surface area contributed by atoms with Crippen molar-refractivity contribution in [1.29, 1.82) is 0 Å². The number of carboxylic acid groups (broad SMARTS) is 1. The number of nitrogens with one attached hydrogen (secondary N) is 1. The summed E-state index contributed by atoms with van der Waals surface area (Å²) in [6, 6.07) is 16.7. The van der Waals surface area contributed by atoms with E-state index in [9.17, 15) is 9.59 Å². The third-order valence-electron chi connectivity index (χ3n) is 4.20. The van der Waals surface area contributed by atoms with Gasteiger partial charge in [0.05, 0.1) is 12.3 Å². The van der Waals surface area contributed by atoms with Gasteiger partial charge >= 0.3 is 5.97 Å². The summed E-state index contributed by atoms with van der Waals surface area (Å²) in [5.41, 5.74) is 2.29. The number of carbonyl (C=O) groups is 2. The van der Waals surface area contributed by atoms with Crippen molar-refractivity contribution >= 4 is 17.6 Å². The van der Waals surface area contributed by atoms with Crippen molar-refractivity contribution < 1.29 is 14.7 Å². The molecule has 2 atom stereocenters. The molecule has 2 N–H and O–H groups in total. The van der Waals surface area contributed by atoms with Crippen LogP contribution in [0, 0.1) is 5.92 Å². The van der Waals surface area contributed by atoms with Crippen molar-refractivity contribution in [3.05, 3.63) is 65.7 Å². The van der Waals surface area contributed by atoms with Crippen molar-refractivity contribution in [1.82, 2.24) is 0 Å². The van der Waals surface area contributed by atoms with Gasteiger partial charge in [0, 0.05) is 5.69 Å². The van der Waals surface area contributed by atoms with Crippen LogP contribution in [0.2, 0.25) is 0 Å². The standard InChI is InChI=1S/C20H23NO3/c1-3-14(2)19(16-9-5-4-6-10-16)20(24)21-17-11-7-8-15(12-17)13-18(22)23/h4-12,14,19H,3,13H2,1-2H3,(H,21,24)(H,22,23). The molecule has 126 valence electrons. The van der Waals surface area contributed by atoms with Gasteiger partial charge in [0.1, 0.15) is 0 Å². The minimum Gasteiger partial charge on any atom is -0.481 e. The molecule has 2 unspecified atom stereocenters. The van der Waals surface area contributed by atoms with Gasteiger partial charge in [0.15, 0.2) is 0 Å². The second-order valence-corrected chi connectivity index (χ2v) is 6.03. The highest BCUT2D eigenvalue weighted by Crippen LogP contribution is 2.28. The topological polar surface area (TPSA) is 66.4 Å². The van der Waals surface area contributed by atoms with Crippen LogP contribution >= 0.6 is 0 Å². The lowest BCUT2D eigenvalue weighted by Crippen LogP contribution is -2.26. The Morgan fingerprint density at radius 2 is 1.79 bits per heavy atom. The van der Waals surface area contributed by atoms with E-state index < -0.39 is 5.97 Å². The third-order valence-corrected chi connectivity index (χ3v) is 4.20. The molecule has 0 aliphatic heterocycles. The van der Waals surface area contributed by atoms with Crippen molar-refractivity contribution in [2.45, 2.75) is 32.6 Å². The Labute approximate surface area is 142 Å². The molecule has 0 aliphatic carbocycles. The Bertz CT molecular complexity index is 697. The molecular weight excluding hydrogens is 302 g/mol. The number of aliphatic carboxylic acids is 1. The zero-order chi connectivity index (χ0) is 17.5. The van der Waals surface area contributed by atoms with Crippen LogP contribution < -0.4 is 5.32 Å². The zero-order valence-corrected chi connectivity index (χ0v) is 14.0. The van der Waals surface area contributed by atoms with Gasteiger partial charge in [0.2, 0.25) is 5.91 Å². The minimum atomic E-state index is -0.889. The summed E-state index contributed by atoms with van der Waals surface area (Å²) in [4.78, 5) is 23.7. The first kappa shape index (κ1) is 17.7. The van der Waals surface area contributed by atoms with Crippen LogP contribution in [0.4, 0.5) is 5.69 Å². The average Bonchev–Trinajstić information content (AvgIpc) is 2.55. The van der Waals surface area contributed by atoms with Gasteiger partial charge in [-0.25, -0.2) is 0 Å². The summed E-state index contributed by atoms with van der Waals surface area (Å²) < 4.78 is 0. The van der Waals surface area contributed by atoms with E-state index in [0.717, 1.165) is 12.0 Å². The van der Waals surface area contributed by atoms with Crippen LogP contribution in [-0.4, -0.2) is 17.0 Å². The average molecular weight is 325 g/mol. The van der Waals surface area contributed by atoms with E-state index in [1.807, 2.05) is 30.3 Å². The van der Waals surface area contributed by atoms with E-state index in [1.54, 1.807) is 24.3 Å². The highest BCUT2D eigenvalue weighted by atomic mass is 16.4. The highest BCUT2D eigenvalue weighted by Gasteiger charge is 2.25. The molecule has 2 aromatic carbocycles. The molecule has 2 aromatic rings. The Hall–Kier alpha value is -2.62. The summed E-state index contributed by atoms with van der Waals surface area (Å²) in [7, 11) is 0. The second-order valence-electron chi connectivity index (χ2n) is 6.03. The molecule has 0 spiro atoms. The largest absolute Gasteiger partial charge is 0.481 e.